The number of rotatable bonds is 6. The molecule has 2 unspecified atom stereocenters. The predicted octanol–water partition coefficient (Wildman–Crippen LogP) is 2.10. The van der Waals surface area contributed by atoms with Crippen LogP contribution in [0, 0.1) is 0 Å². The summed E-state index contributed by atoms with van der Waals surface area (Å²) < 4.78 is 31.6. The van der Waals surface area contributed by atoms with Gasteiger partial charge in [0.1, 0.15) is 10.3 Å². The Balaban J connectivity index is 1.48. The van der Waals surface area contributed by atoms with E-state index in [0.717, 1.165) is 33.8 Å². The van der Waals surface area contributed by atoms with Crippen LogP contribution in [0.1, 0.15) is 22.0 Å². The third kappa shape index (κ3) is 3.91. The zero-order valence-corrected chi connectivity index (χ0v) is 18.8. The van der Waals surface area contributed by atoms with Crippen molar-refractivity contribution in [1.29, 1.82) is 0 Å². The Bertz CT molecular complexity index is 1440. The molecule has 5 rings (SSSR count). The Hall–Kier alpha value is -3.10. The maximum absolute atomic E-state index is 12.6. The van der Waals surface area contributed by atoms with Crippen LogP contribution in [-0.2, 0) is 21.1 Å². The first-order valence-electron chi connectivity index (χ1n) is 9.20. The molecule has 11 nitrogen and oxygen atoms in total. The molecular weight excluding hydrogens is 476 g/mol. The number of benzene rings is 1. The maximum Gasteiger partial charge on any atom is 0.286 e. The van der Waals surface area contributed by atoms with Gasteiger partial charge in [-0.2, -0.15) is 5.10 Å². The number of nitrogens with zero attached hydrogens (tertiary/aromatic N) is 4. The third-order valence-corrected chi connectivity index (χ3v) is 8.22. The number of amides is 2. The van der Waals surface area contributed by atoms with E-state index in [-0.39, 0.29) is 18.2 Å². The molecule has 1 aliphatic rings. The quantitative estimate of drug-likeness (QED) is 0.409. The van der Waals surface area contributed by atoms with Gasteiger partial charge in [0.2, 0.25) is 17.7 Å². The van der Waals surface area contributed by atoms with Crippen LogP contribution in [0.4, 0.5) is 4.79 Å². The Morgan fingerprint density at radius 1 is 1.22 bits per heavy atom. The normalized spacial score (nSPS) is 17.7. The molecule has 32 heavy (non-hydrogen) atoms. The fourth-order valence-electron chi connectivity index (χ4n) is 3.26. The van der Waals surface area contributed by atoms with Crippen molar-refractivity contribution in [3.05, 3.63) is 47.4 Å². The molecule has 0 spiro atoms. The molecule has 1 fully saturated rings. The molecule has 3 aromatic heterocycles. The summed E-state index contributed by atoms with van der Waals surface area (Å²) in [4.78, 5) is 27.6. The van der Waals surface area contributed by atoms with Crippen molar-refractivity contribution in [3.8, 4) is 11.1 Å². The van der Waals surface area contributed by atoms with Crippen LogP contribution < -0.4 is 5.32 Å². The Morgan fingerprint density at radius 3 is 2.75 bits per heavy atom. The molecule has 0 aliphatic carbocycles. The monoisotopic (exact) mass is 490 g/mol. The first kappa shape index (κ1) is 20.8. The van der Waals surface area contributed by atoms with E-state index in [1.165, 1.54) is 11.3 Å². The minimum absolute atomic E-state index is 0.0135. The first-order chi connectivity index (χ1) is 15.3. The van der Waals surface area contributed by atoms with Crippen LogP contribution in [0.3, 0.4) is 0 Å². The SMILES string of the molecule is CS(=O)(=O)C(c1nnc(CC2SC(=O)NC2=O)o1)c1nc2ccc(-c3cn[nH]c3)cc2s1. The largest absolute Gasteiger partial charge is 0.423 e. The highest BCUT2D eigenvalue weighted by molar-refractivity contribution is 8.15. The Morgan fingerprint density at radius 2 is 2.06 bits per heavy atom. The topological polar surface area (TPSA) is 161 Å². The summed E-state index contributed by atoms with van der Waals surface area (Å²) in [5.41, 5.74) is 2.46. The van der Waals surface area contributed by atoms with Gasteiger partial charge in [-0.05, 0) is 17.7 Å². The summed E-state index contributed by atoms with van der Waals surface area (Å²) >= 11 is 2.05. The van der Waals surface area contributed by atoms with E-state index in [1.807, 2.05) is 18.2 Å². The van der Waals surface area contributed by atoms with Crippen LogP contribution in [0.5, 0.6) is 0 Å². The number of hydrogen-bond acceptors (Lipinski definition) is 11. The standard InChI is InChI=1S/C18H14N6O5S3/c1-32(27,28)14(16-24-23-13(29-16)5-12-15(25)22-18(26)31-12)17-21-10-3-2-8(4-11(10)30-17)9-6-19-20-7-9/h2-4,6-7,12,14H,5H2,1H3,(H,19,20)(H,22,25,26). The number of fused-ring (bicyclic) bond motifs is 1. The maximum atomic E-state index is 12.6. The van der Waals surface area contributed by atoms with Crippen molar-refractivity contribution in [2.75, 3.05) is 6.26 Å². The molecule has 0 saturated carbocycles. The number of imide groups is 1. The molecule has 0 bridgehead atoms. The minimum Gasteiger partial charge on any atom is -0.423 e. The lowest BCUT2D eigenvalue weighted by molar-refractivity contribution is -0.119. The van der Waals surface area contributed by atoms with Crippen molar-refractivity contribution in [3.63, 3.8) is 0 Å². The van der Waals surface area contributed by atoms with E-state index in [4.69, 9.17) is 4.42 Å². The molecule has 2 amide bonds. The van der Waals surface area contributed by atoms with Gasteiger partial charge in [0, 0.05) is 24.4 Å². The van der Waals surface area contributed by atoms with Crippen molar-refractivity contribution in [1.82, 2.24) is 30.7 Å². The number of carbonyl (C=O) groups excluding carboxylic acids is 2. The third-order valence-electron chi connectivity index (χ3n) is 4.72. The lowest BCUT2D eigenvalue weighted by Gasteiger charge is -2.07. The molecule has 0 radical (unpaired) electrons. The molecule has 1 saturated heterocycles. The summed E-state index contributed by atoms with van der Waals surface area (Å²) in [5.74, 6) is -0.510. The van der Waals surface area contributed by atoms with Gasteiger partial charge in [-0.15, -0.1) is 21.5 Å². The van der Waals surface area contributed by atoms with Crippen LogP contribution in [0.2, 0.25) is 0 Å². The molecule has 2 N–H and O–H groups in total. The van der Waals surface area contributed by atoms with Gasteiger partial charge in [0.25, 0.3) is 5.24 Å². The average Bonchev–Trinajstić information content (AvgIpc) is 3.49. The number of nitrogens with one attached hydrogen (secondary N) is 2. The number of thioether (sulfide) groups is 1. The van der Waals surface area contributed by atoms with E-state index in [1.54, 1.807) is 12.4 Å². The van der Waals surface area contributed by atoms with Crippen LogP contribution in [0.25, 0.3) is 21.3 Å². The number of H-pyrrole nitrogens is 1. The van der Waals surface area contributed by atoms with Crippen LogP contribution in [-0.4, -0.2) is 56.4 Å². The highest BCUT2D eigenvalue weighted by Crippen LogP contribution is 2.36. The van der Waals surface area contributed by atoms with Crippen molar-refractivity contribution in [2.24, 2.45) is 0 Å². The van der Waals surface area contributed by atoms with Gasteiger partial charge in [-0.1, -0.05) is 17.8 Å². The number of hydrogen-bond donors (Lipinski definition) is 2. The molecule has 4 aromatic rings. The summed E-state index contributed by atoms with van der Waals surface area (Å²) in [6.45, 7) is 0. The second kappa shape index (κ2) is 7.79. The Kier molecular flexibility index (Phi) is 5.06. The molecule has 14 heteroatoms. The van der Waals surface area contributed by atoms with E-state index in [9.17, 15) is 18.0 Å². The van der Waals surface area contributed by atoms with Gasteiger partial charge >= 0.3 is 0 Å². The van der Waals surface area contributed by atoms with Crippen LogP contribution >= 0.6 is 23.1 Å². The zero-order valence-electron chi connectivity index (χ0n) is 16.3. The van der Waals surface area contributed by atoms with Gasteiger partial charge in [0.15, 0.2) is 15.1 Å². The predicted molar refractivity (Wildman–Crippen MR) is 117 cm³/mol. The lowest BCUT2D eigenvalue weighted by Crippen LogP contribution is -2.25. The average molecular weight is 491 g/mol. The Labute approximate surface area is 188 Å². The summed E-state index contributed by atoms with van der Waals surface area (Å²) in [6, 6.07) is 5.60. The number of aromatic amines is 1. The van der Waals surface area contributed by atoms with E-state index < -0.39 is 31.5 Å². The van der Waals surface area contributed by atoms with Gasteiger partial charge in [-0.25, -0.2) is 13.4 Å². The number of aromatic nitrogens is 5. The fraction of sp³-hybridized carbons (Fsp3) is 0.222. The summed E-state index contributed by atoms with van der Waals surface area (Å²) in [6.07, 6.45) is 4.54. The molecule has 1 aliphatic heterocycles. The van der Waals surface area contributed by atoms with E-state index in [0.29, 0.717) is 10.5 Å². The first-order valence-corrected chi connectivity index (χ1v) is 12.9. The second-order valence-corrected chi connectivity index (χ2v) is 11.4. The second-order valence-electron chi connectivity index (χ2n) is 7.05. The minimum atomic E-state index is -3.71. The van der Waals surface area contributed by atoms with Gasteiger partial charge < -0.3 is 4.42 Å². The van der Waals surface area contributed by atoms with Gasteiger partial charge in [-0.3, -0.25) is 20.0 Å². The highest BCUT2D eigenvalue weighted by Gasteiger charge is 2.36. The lowest BCUT2D eigenvalue weighted by atomic mass is 10.1. The number of sulfone groups is 1. The highest BCUT2D eigenvalue weighted by atomic mass is 32.2. The van der Waals surface area contributed by atoms with Crippen molar-refractivity contribution >= 4 is 54.3 Å². The summed E-state index contributed by atoms with van der Waals surface area (Å²) in [7, 11) is -3.71. The van der Waals surface area contributed by atoms with Crippen LogP contribution in [0.15, 0.2) is 35.0 Å². The van der Waals surface area contributed by atoms with Crippen molar-refractivity contribution in [2.45, 2.75) is 16.9 Å². The molecule has 2 atom stereocenters. The molecule has 164 valence electrons. The zero-order chi connectivity index (χ0) is 22.5. The molecule has 1 aromatic carbocycles. The number of carbonyl (C=O) groups is 2. The smallest absolute Gasteiger partial charge is 0.286 e. The van der Waals surface area contributed by atoms with E-state index >= 15 is 0 Å². The van der Waals surface area contributed by atoms with Gasteiger partial charge in [0.05, 0.1) is 16.4 Å². The number of thiazole rings is 1. The van der Waals surface area contributed by atoms with E-state index in [2.05, 4.69) is 30.7 Å². The molecule has 4 heterocycles. The van der Waals surface area contributed by atoms with Crippen molar-refractivity contribution < 1.29 is 22.4 Å². The molecular formula is C18H14N6O5S3. The fourth-order valence-corrected chi connectivity index (χ4v) is 6.60. The summed E-state index contributed by atoms with van der Waals surface area (Å²) in [5, 5.41) is 14.6.